The van der Waals surface area contributed by atoms with Crippen LogP contribution in [0, 0.1) is 5.82 Å². The zero-order chi connectivity index (χ0) is 14.3. The van der Waals surface area contributed by atoms with Gasteiger partial charge in [0, 0.05) is 30.6 Å². The van der Waals surface area contributed by atoms with Crippen molar-refractivity contribution in [2.24, 2.45) is 0 Å². The maximum absolute atomic E-state index is 13.0. The lowest BCUT2D eigenvalue weighted by Crippen LogP contribution is -2.34. The summed E-state index contributed by atoms with van der Waals surface area (Å²) < 4.78 is 13.0. The molecule has 0 unspecified atom stereocenters. The number of anilines is 1. The number of hydrogen-bond donors (Lipinski definition) is 3. The molecule has 0 atom stereocenters. The lowest BCUT2D eigenvalue weighted by molar-refractivity contribution is -0.120. The van der Waals surface area contributed by atoms with Crippen LogP contribution in [0.2, 0.25) is 0 Å². The molecule has 0 spiro atoms. The van der Waals surface area contributed by atoms with Crippen LogP contribution in [0.5, 0.6) is 0 Å². The van der Waals surface area contributed by atoms with E-state index in [0.717, 1.165) is 0 Å². The van der Waals surface area contributed by atoms with E-state index in [0.29, 0.717) is 23.7 Å². The van der Waals surface area contributed by atoms with Crippen molar-refractivity contribution in [3.8, 4) is 0 Å². The standard InChI is InChI=1S/C12H16FN3O2S/c1-8(17)15-2-3-16-12(18)7-19-11-5-9(13)4-10(14)6-11/h4-6H,2-3,7,14H2,1H3,(H,15,17)(H,16,18). The van der Waals surface area contributed by atoms with Crippen molar-refractivity contribution in [1.29, 1.82) is 0 Å². The average Bonchev–Trinajstić information content (AvgIpc) is 2.31. The monoisotopic (exact) mass is 285 g/mol. The van der Waals surface area contributed by atoms with Crippen molar-refractivity contribution in [1.82, 2.24) is 10.6 Å². The molecule has 0 radical (unpaired) electrons. The third kappa shape index (κ3) is 6.66. The van der Waals surface area contributed by atoms with E-state index in [1.54, 1.807) is 6.07 Å². The summed E-state index contributed by atoms with van der Waals surface area (Å²) in [7, 11) is 0. The zero-order valence-corrected chi connectivity index (χ0v) is 11.3. The van der Waals surface area contributed by atoms with Crippen LogP contribution in [0.1, 0.15) is 6.92 Å². The van der Waals surface area contributed by atoms with Crippen molar-refractivity contribution in [2.45, 2.75) is 11.8 Å². The average molecular weight is 285 g/mol. The molecule has 0 heterocycles. The first-order valence-corrected chi connectivity index (χ1v) is 6.66. The maximum Gasteiger partial charge on any atom is 0.230 e. The molecule has 104 valence electrons. The highest BCUT2D eigenvalue weighted by atomic mass is 32.2. The summed E-state index contributed by atoms with van der Waals surface area (Å²) in [5.74, 6) is -0.575. The number of carbonyl (C=O) groups is 2. The Morgan fingerprint density at radius 2 is 1.95 bits per heavy atom. The van der Waals surface area contributed by atoms with Gasteiger partial charge in [-0.25, -0.2) is 4.39 Å². The Morgan fingerprint density at radius 1 is 1.26 bits per heavy atom. The van der Waals surface area contributed by atoms with Gasteiger partial charge in [-0.15, -0.1) is 11.8 Å². The molecule has 5 nitrogen and oxygen atoms in total. The van der Waals surface area contributed by atoms with Gasteiger partial charge in [0.2, 0.25) is 11.8 Å². The fourth-order valence-corrected chi connectivity index (χ4v) is 2.12. The summed E-state index contributed by atoms with van der Waals surface area (Å²) >= 11 is 1.20. The van der Waals surface area contributed by atoms with Crippen LogP contribution in [0.15, 0.2) is 23.1 Å². The summed E-state index contributed by atoms with van der Waals surface area (Å²) in [6.07, 6.45) is 0. The fourth-order valence-electron chi connectivity index (χ4n) is 1.31. The molecule has 4 N–H and O–H groups in total. The number of hydrogen-bond acceptors (Lipinski definition) is 4. The van der Waals surface area contributed by atoms with Crippen molar-refractivity contribution < 1.29 is 14.0 Å². The first-order valence-electron chi connectivity index (χ1n) is 5.67. The van der Waals surface area contributed by atoms with E-state index >= 15 is 0 Å². The highest BCUT2D eigenvalue weighted by molar-refractivity contribution is 8.00. The fraction of sp³-hybridized carbons (Fsp3) is 0.333. The van der Waals surface area contributed by atoms with Gasteiger partial charge in [-0.2, -0.15) is 0 Å². The summed E-state index contributed by atoms with van der Waals surface area (Å²) in [4.78, 5) is 22.7. The van der Waals surface area contributed by atoms with Crippen LogP contribution in [-0.2, 0) is 9.59 Å². The molecule has 1 aromatic rings. The maximum atomic E-state index is 13.0. The number of benzene rings is 1. The Bertz CT molecular complexity index is 448. The van der Waals surface area contributed by atoms with Gasteiger partial charge in [-0.1, -0.05) is 0 Å². The summed E-state index contributed by atoms with van der Waals surface area (Å²) in [5, 5.41) is 5.20. The van der Waals surface area contributed by atoms with Gasteiger partial charge < -0.3 is 16.4 Å². The summed E-state index contributed by atoms with van der Waals surface area (Å²) in [5.41, 5.74) is 5.83. The number of nitrogens with two attached hydrogens (primary N) is 1. The first-order chi connectivity index (χ1) is 8.97. The minimum absolute atomic E-state index is 0.140. The summed E-state index contributed by atoms with van der Waals surface area (Å²) in [6.45, 7) is 2.16. The number of halogens is 1. The van der Waals surface area contributed by atoms with Gasteiger partial charge >= 0.3 is 0 Å². The Balaban J connectivity index is 2.28. The number of carbonyl (C=O) groups excluding carboxylic acids is 2. The second-order valence-electron chi connectivity index (χ2n) is 3.84. The van der Waals surface area contributed by atoms with Gasteiger partial charge in [0.05, 0.1) is 5.75 Å². The number of nitrogen functional groups attached to an aromatic ring is 1. The van der Waals surface area contributed by atoms with E-state index in [1.807, 2.05) is 0 Å². The lowest BCUT2D eigenvalue weighted by atomic mass is 10.3. The lowest BCUT2D eigenvalue weighted by Gasteiger charge is -2.06. The van der Waals surface area contributed by atoms with Crippen molar-refractivity contribution >= 4 is 29.3 Å². The predicted molar refractivity (Wildman–Crippen MR) is 73.2 cm³/mol. The molecule has 0 saturated heterocycles. The normalized spacial score (nSPS) is 10.0. The van der Waals surface area contributed by atoms with E-state index in [-0.39, 0.29) is 17.6 Å². The van der Waals surface area contributed by atoms with Crippen molar-refractivity contribution in [3.63, 3.8) is 0 Å². The van der Waals surface area contributed by atoms with E-state index < -0.39 is 5.82 Å². The van der Waals surface area contributed by atoms with Crippen molar-refractivity contribution in [2.75, 3.05) is 24.6 Å². The third-order valence-corrected chi connectivity index (χ3v) is 3.06. The minimum Gasteiger partial charge on any atom is -0.399 e. The highest BCUT2D eigenvalue weighted by Gasteiger charge is 2.04. The minimum atomic E-state index is -0.423. The van der Waals surface area contributed by atoms with Gasteiger partial charge in [0.25, 0.3) is 0 Å². The van der Waals surface area contributed by atoms with Gasteiger partial charge in [0.1, 0.15) is 5.82 Å². The number of amides is 2. The molecule has 1 aromatic carbocycles. The molecule has 0 fully saturated rings. The van der Waals surface area contributed by atoms with Crippen LogP contribution in [0.3, 0.4) is 0 Å². The van der Waals surface area contributed by atoms with Crippen LogP contribution < -0.4 is 16.4 Å². The molecular formula is C12H16FN3O2S. The van der Waals surface area contributed by atoms with Crippen LogP contribution >= 0.6 is 11.8 Å². The zero-order valence-electron chi connectivity index (χ0n) is 10.5. The SMILES string of the molecule is CC(=O)NCCNC(=O)CSc1cc(N)cc(F)c1. The van der Waals surface area contributed by atoms with Crippen LogP contribution in [-0.4, -0.2) is 30.7 Å². The summed E-state index contributed by atoms with van der Waals surface area (Å²) in [6, 6.07) is 4.15. The molecule has 0 aliphatic carbocycles. The number of nitrogens with one attached hydrogen (secondary N) is 2. The molecule has 7 heteroatoms. The molecule has 0 aliphatic rings. The second-order valence-corrected chi connectivity index (χ2v) is 4.89. The Kier molecular flexibility index (Phi) is 6.14. The Morgan fingerprint density at radius 3 is 2.58 bits per heavy atom. The first kappa shape index (κ1) is 15.3. The van der Waals surface area contributed by atoms with Gasteiger partial charge in [-0.3, -0.25) is 9.59 Å². The smallest absolute Gasteiger partial charge is 0.230 e. The largest absolute Gasteiger partial charge is 0.399 e. The van der Waals surface area contributed by atoms with E-state index in [9.17, 15) is 14.0 Å². The Labute approximate surface area is 115 Å². The molecule has 1 rings (SSSR count). The molecular weight excluding hydrogens is 269 g/mol. The Hall–Kier alpha value is -1.76. The topological polar surface area (TPSA) is 84.2 Å². The predicted octanol–water partition coefficient (Wildman–Crippen LogP) is 0.752. The molecule has 0 saturated carbocycles. The highest BCUT2D eigenvalue weighted by Crippen LogP contribution is 2.21. The number of rotatable bonds is 6. The van der Waals surface area contributed by atoms with E-state index in [2.05, 4.69) is 10.6 Å². The second kappa shape index (κ2) is 7.63. The van der Waals surface area contributed by atoms with Gasteiger partial charge in [-0.05, 0) is 18.2 Å². The molecule has 0 aliphatic heterocycles. The molecule has 19 heavy (non-hydrogen) atoms. The molecule has 0 bridgehead atoms. The number of thioether (sulfide) groups is 1. The molecule has 2 amide bonds. The third-order valence-electron chi connectivity index (χ3n) is 2.08. The van der Waals surface area contributed by atoms with Crippen LogP contribution in [0.4, 0.5) is 10.1 Å². The van der Waals surface area contributed by atoms with Crippen molar-refractivity contribution in [3.05, 3.63) is 24.0 Å². The molecule has 0 aromatic heterocycles. The van der Waals surface area contributed by atoms with Crippen LogP contribution in [0.25, 0.3) is 0 Å². The quantitative estimate of drug-likeness (QED) is 0.409. The van der Waals surface area contributed by atoms with E-state index in [4.69, 9.17) is 5.73 Å². The van der Waals surface area contributed by atoms with E-state index in [1.165, 1.54) is 30.8 Å². The van der Waals surface area contributed by atoms with Gasteiger partial charge in [0.15, 0.2) is 0 Å².